The average Bonchev–Trinajstić information content (AvgIpc) is 3.83. The van der Waals surface area contributed by atoms with E-state index >= 15 is 0 Å². The lowest BCUT2D eigenvalue weighted by atomic mass is 9.96. The molecule has 0 spiro atoms. The minimum Gasteiger partial charge on any atom is -0.456 e. The summed E-state index contributed by atoms with van der Waals surface area (Å²) in [5.74, 6) is 0. The van der Waals surface area contributed by atoms with Crippen LogP contribution in [0.4, 0.5) is 17.1 Å². The van der Waals surface area contributed by atoms with Crippen molar-refractivity contribution in [3.8, 4) is 16.8 Å². The van der Waals surface area contributed by atoms with E-state index in [1.807, 2.05) is 12.1 Å². The molecule has 266 valence electrons. The number of benzene rings is 10. The zero-order valence-corrected chi connectivity index (χ0v) is 30.9. The van der Waals surface area contributed by atoms with Crippen molar-refractivity contribution in [2.24, 2.45) is 0 Å². The van der Waals surface area contributed by atoms with Crippen molar-refractivity contribution in [2.75, 3.05) is 4.90 Å². The van der Waals surface area contributed by atoms with Crippen LogP contribution in [0.5, 0.6) is 0 Å². The van der Waals surface area contributed by atoms with Crippen LogP contribution in [0.1, 0.15) is 0 Å². The van der Waals surface area contributed by atoms with Crippen LogP contribution in [-0.2, 0) is 0 Å². The normalized spacial score (nSPS) is 11.9. The van der Waals surface area contributed by atoms with Crippen molar-refractivity contribution in [3.05, 3.63) is 206 Å². The fourth-order valence-electron chi connectivity index (χ4n) is 9.13. The minimum absolute atomic E-state index is 0.898. The predicted octanol–water partition coefficient (Wildman–Crippen LogP) is 15.3. The first-order valence-electron chi connectivity index (χ1n) is 19.5. The lowest BCUT2D eigenvalue weighted by Gasteiger charge is -2.28. The molecule has 10 aromatic carbocycles. The van der Waals surface area contributed by atoms with Gasteiger partial charge in [0.1, 0.15) is 11.2 Å². The lowest BCUT2D eigenvalue weighted by molar-refractivity contribution is 0.669. The molecule has 57 heavy (non-hydrogen) atoms. The molecule has 3 nitrogen and oxygen atoms in total. The summed E-state index contributed by atoms with van der Waals surface area (Å²) in [6.45, 7) is 0. The van der Waals surface area contributed by atoms with Crippen LogP contribution < -0.4 is 4.90 Å². The minimum atomic E-state index is 0.898. The third-order valence-corrected chi connectivity index (χ3v) is 11.7. The lowest BCUT2D eigenvalue weighted by Crippen LogP contribution is -2.12. The SMILES string of the molecule is c1ccc(-n2c3ccccc3c3cccc(N(c4cccc(-c5ccc6oc7ccccc7c6c5)c4)c4ccc5ccc6c7ccccc7ccc6c5c4)c32)cc1. The van der Waals surface area contributed by atoms with Crippen molar-refractivity contribution < 1.29 is 4.42 Å². The molecular formula is C54H34N2O. The molecule has 12 rings (SSSR count). The topological polar surface area (TPSA) is 21.3 Å². The second-order valence-electron chi connectivity index (χ2n) is 14.9. The Morgan fingerprint density at radius 2 is 1.00 bits per heavy atom. The molecule has 0 fully saturated rings. The monoisotopic (exact) mass is 726 g/mol. The Hall–Kier alpha value is -7.62. The average molecular weight is 727 g/mol. The Balaban J connectivity index is 1.14. The largest absolute Gasteiger partial charge is 0.456 e. The van der Waals surface area contributed by atoms with Crippen LogP contribution in [0.3, 0.4) is 0 Å². The van der Waals surface area contributed by atoms with Crippen molar-refractivity contribution in [2.45, 2.75) is 0 Å². The number of anilines is 3. The number of fused-ring (bicyclic) bond motifs is 11. The number of furan rings is 1. The molecule has 0 unspecified atom stereocenters. The number of hydrogen-bond acceptors (Lipinski definition) is 2. The molecule has 0 aliphatic heterocycles. The van der Waals surface area contributed by atoms with Gasteiger partial charge in [0, 0.05) is 38.6 Å². The predicted molar refractivity (Wildman–Crippen MR) is 241 cm³/mol. The van der Waals surface area contributed by atoms with E-state index in [0.29, 0.717) is 0 Å². The van der Waals surface area contributed by atoms with E-state index < -0.39 is 0 Å². The number of rotatable bonds is 5. The smallest absolute Gasteiger partial charge is 0.135 e. The van der Waals surface area contributed by atoms with Gasteiger partial charge in [-0.2, -0.15) is 0 Å². The number of para-hydroxylation sites is 4. The first kappa shape index (κ1) is 31.7. The second kappa shape index (κ2) is 12.5. The van der Waals surface area contributed by atoms with Crippen molar-refractivity contribution in [3.63, 3.8) is 0 Å². The fourth-order valence-corrected chi connectivity index (χ4v) is 9.13. The molecule has 0 N–H and O–H groups in total. The molecule has 0 bridgehead atoms. The van der Waals surface area contributed by atoms with Crippen LogP contribution in [0.25, 0.3) is 92.9 Å². The number of nitrogens with zero attached hydrogens (tertiary/aromatic N) is 2. The third-order valence-electron chi connectivity index (χ3n) is 11.7. The molecule has 2 heterocycles. The van der Waals surface area contributed by atoms with Gasteiger partial charge < -0.3 is 13.9 Å². The molecule has 3 heteroatoms. The number of hydrogen-bond donors (Lipinski definition) is 0. The third kappa shape index (κ3) is 4.92. The highest BCUT2D eigenvalue weighted by atomic mass is 16.3. The summed E-state index contributed by atoms with van der Waals surface area (Å²) >= 11 is 0. The van der Waals surface area contributed by atoms with E-state index in [0.717, 1.165) is 61.3 Å². The van der Waals surface area contributed by atoms with Gasteiger partial charge in [0.15, 0.2) is 0 Å². The van der Waals surface area contributed by atoms with Gasteiger partial charge in [0.2, 0.25) is 0 Å². The summed E-state index contributed by atoms with van der Waals surface area (Å²) in [5.41, 5.74) is 10.8. The quantitative estimate of drug-likeness (QED) is 0.165. The highest BCUT2D eigenvalue weighted by molar-refractivity contribution is 6.19. The Morgan fingerprint density at radius 1 is 0.351 bits per heavy atom. The highest BCUT2D eigenvalue weighted by Crippen LogP contribution is 2.45. The molecule has 0 atom stereocenters. The zero-order valence-electron chi connectivity index (χ0n) is 30.9. The van der Waals surface area contributed by atoms with Crippen LogP contribution >= 0.6 is 0 Å². The van der Waals surface area contributed by atoms with E-state index in [1.54, 1.807) is 0 Å². The maximum atomic E-state index is 6.21. The summed E-state index contributed by atoms with van der Waals surface area (Å²) in [6.07, 6.45) is 0. The summed E-state index contributed by atoms with van der Waals surface area (Å²) in [6, 6.07) is 74.8. The maximum absolute atomic E-state index is 6.21. The standard InChI is InChI=1S/C54H34N2O/c1-2-14-39(15-3-1)56-50-21-8-6-18-45(50)47-20-11-22-51(54(47)56)55(41-28-24-36-26-29-43-42-17-5-4-12-35(42)25-30-44(43)48(36)34-41)40-16-10-13-37(32-40)38-27-31-53-49(33-38)46-19-7-9-23-52(46)57-53/h1-34H. The Kier molecular flexibility index (Phi) is 6.93. The molecule has 0 saturated heterocycles. The Bertz CT molecular complexity index is 3540. The van der Waals surface area contributed by atoms with Gasteiger partial charge in [-0.1, -0.05) is 140 Å². The van der Waals surface area contributed by atoms with Gasteiger partial charge >= 0.3 is 0 Å². The first-order chi connectivity index (χ1) is 28.3. The van der Waals surface area contributed by atoms with Crippen molar-refractivity contribution in [1.29, 1.82) is 0 Å². The highest BCUT2D eigenvalue weighted by Gasteiger charge is 2.22. The van der Waals surface area contributed by atoms with Crippen molar-refractivity contribution in [1.82, 2.24) is 4.57 Å². The van der Waals surface area contributed by atoms with E-state index in [2.05, 4.69) is 204 Å². The summed E-state index contributed by atoms with van der Waals surface area (Å²) in [4.78, 5) is 2.45. The molecule has 2 aromatic heterocycles. The summed E-state index contributed by atoms with van der Waals surface area (Å²) in [7, 11) is 0. The molecular weight excluding hydrogens is 693 g/mol. The molecule has 0 amide bonds. The second-order valence-corrected chi connectivity index (χ2v) is 14.9. The van der Waals surface area contributed by atoms with Gasteiger partial charge in [-0.3, -0.25) is 0 Å². The first-order valence-corrected chi connectivity index (χ1v) is 19.5. The Morgan fingerprint density at radius 3 is 1.89 bits per heavy atom. The van der Waals surface area contributed by atoms with Gasteiger partial charge in [0.05, 0.1) is 16.7 Å². The van der Waals surface area contributed by atoms with Crippen LogP contribution in [0.15, 0.2) is 211 Å². The molecule has 0 saturated carbocycles. The summed E-state index contributed by atoms with van der Waals surface area (Å²) < 4.78 is 8.64. The summed E-state index contributed by atoms with van der Waals surface area (Å²) in [5, 5.41) is 12.2. The van der Waals surface area contributed by atoms with E-state index in [4.69, 9.17) is 4.42 Å². The van der Waals surface area contributed by atoms with Gasteiger partial charge in [-0.15, -0.1) is 0 Å². The molecule has 0 radical (unpaired) electrons. The van der Waals surface area contributed by atoms with Crippen LogP contribution in [-0.4, -0.2) is 4.57 Å². The Labute approximate surface area is 328 Å². The molecule has 0 aliphatic rings. The van der Waals surface area contributed by atoms with Crippen LogP contribution in [0, 0.1) is 0 Å². The fraction of sp³-hybridized carbons (Fsp3) is 0. The van der Waals surface area contributed by atoms with Crippen molar-refractivity contribution >= 4 is 93.1 Å². The maximum Gasteiger partial charge on any atom is 0.135 e. The van der Waals surface area contributed by atoms with E-state index in [9.17, 15) is 0 Å². The zero-order chi connectivity index (χ0) is 37.5. The van der Waals surface area contributed by atoms with Crippen LogP contribution in [0.2, 0.25) is 0 Å². The van der Waals surface area contributed by atoms with E-state index in [1.165, 1.54) is 48.6 Å². The van der Waals surface area contributed by atoms with Gasteiger partial charge in [-0.25, -0.2) is 0 Å². The van der Waals surface area contributed by atoms with Gasteiger partial charge in [0.25, 0.3) is 0 Å². The molecule has 12 aromatic rings. The molecule has 0 aliphatic carbocycles. The van der Waals surface area contributed by atoms with Gasteiger partial charge in [-0.05, 0) is 110 Å². The number of aromatic nitrogens is 1. The van der Waals surface area contributed by atoms with E-state index in [-0.39, 0.29) is 0 Å².